The van der Waals surface area contributed by atoms with Gasteiger partial charge in [0.25, 0.3) is 0 Å². The zero-order chi connectivity index (χ0) is 15.0. The second-order valence-electron chi connectivity index (χ2n) is 5.17. The van der Waals surface area contributed by atoms with Crippen LogP contribution in [0.4, 0.5) is 0 Å². The van der Waals surface area contributed by atoms with Gasteiger partial charge < -0.3 is 10.5 Å². The monoisotopic (exact) mass is 314 g/mol. The Bertz CT molecular complexity index is 613. The van der Waals surface area contributed by atoms with Crippen LogP contribution in [0.2, 0.25) is 0 Å². The maximum Gasteiger partial charge on any atom is 0.241 e. The molecule has 0 aromatic heterocycles. The van der Waals surface area contributed by atoms with Gasteiger partial charge in [-0.3, -0.25) is 0 Å². The molecule has 1 heterocycles. The molecule has 0 radical (unpaired) electrons. The average Bonchev–Trinajstić information content (AvgIpc) is 2.68. The third-order valence-electron chi connectivity index (χ3n) is 3.70. The molecule has 0 amide bonds. The second-order valence-corrected chi connectivity index (χ2v) is 7.30. The van der Waals surface area contributed by atoms with Crippen LogP contribution in [-0.2, 0) is 14.8 Å². The first kappa shape index (κ1) is 15.4. The van der Waals surface area contributed by atoms with E-state index in [1.807, 2.05) is 13.8 Å². The van der Waals surface area contributed by atoms with Crippen LogP contribution in [0.3, 0.4) is 0 Å². The van der Waals surface area contributed by atoms with Crippen molar-refractivity contribution in [2.75, 3.05) is 6.61 Å². The number of ether oxygens (including phenoxy) is 1. The van der Waals surface area contributed by atoms with Crippen LogP contribution < -0.4 is 10.5 Å². The van der Waals surface area contributed by atoms with Gasteiger partial charge in [0, 0.05) is 12.2 Å². The number of hydrogen-bond donors (Lipinski definition) is 2. The summed E-state index contributed by atoms with van der Waals surface area (Å²) in [5.74, 6) is 0. The SMILES string of the molecule is CC1OCCC1(C)NS(=O)(=O)c1ccc(C(N)=S)cc1. The van der Waals surface area contributed by atoms with Crippen LogP contribution in [-0.4, -0.2) is 31.7 Å². The Morgan fingerprint density at radius 1 is 1.45 bits per heavy atom. The molecule has 3 N–H and O–H groups in total. The molecule has 7 heteroatoms. The topological polar surface area (TPSA) is 81.4 Å². The van der Waals surface area contributed by atoms with Gasteiger partial charge in [0.15, 0.2) is 0 Å². The Morgan fingerprint density at radius 2 is 2.05 bits per heavy atom. The summed E-state index contributed by atoms with van der Waals surface area (Å²) < 4.78 is 32.9. The fraction of sp³-hybridized carbons (Fsp3) is 0.462. The predicted octanol–water partition coefficient (Wildman–Crippen LogP) is 1.17. The van der Waals surface area contributed by atoms with Gasteiger partial charge in [-0.05, 0) is 32.4 Å². The van der Waals surface area contributed by atoms with Crippen LogP contribution in [0.15, 0.2) is 29.2 Å². The molecule has 1 aromatic rings. The normalized spacial score (nSPS) is 26.6. The van der Waals surface area contributed by atoms with E-state index >= 15 is 0 Å². The molecule has 2 unspecified atom stereocenters. The first-order valence-corrected chi connectivity index (χ1v) is 8.19. The molecule has 0 spiro atoms. The van der Waals surface area contributed by atoms with Crippen molar-refractivity contribution < 1.29 is 13.2 Å². The van der Waals surface area contributed by atoms with E-state index in [9.17, 15) is 8.42 Å². The van der Waals surface area contributed by atoms with E-state index in [-0.39, 0.29) is 16.0 Å². The zero-order valence-electron chi connectivity index (χ0n) is 11.4. The van der Waals surface area contributed by atoms with Gasteiger partial charge in [-0.25, -0.2) is 13.1 Å². The highest BCUT2D eigenvalue weighted by Gasteiger charge is 2.40. The minimum atomic E-state index is -3.59. The Morgan fingerprint density at radius 3 is 2.50 bits per heavy atom. The fourth-order valence-corrected chi connectivity index (χ4v) is 3.76. The van der Waals surface area contributed by atoms with Gasteiger partial charge in [0.1, 0.15) is 4.99 Å². The summed E-state index contributed by atoms with van der Waals surface area (Å²) in [7, 11) is -3.59. The van der Waals surface area contributed by atoms with E-state index in [2.05, 4.69) is 4.72 Å². The summed E-state index contributed by atoms with van der Waals surface area (Å²) in [6.45, 7) is 4.28. The molecule has 20 heavy (non-hydrogen) atoms. The number of thiocarbonyl (C=S) groups is 1. The lowest BCUT2D eigenvalue weighted by Crippen LogP contribution is -2.50. The quantitative estimate of drug-likeness (QED) is 0.815. The van der Waals surface area contributed by atoms with Crippen LogP contribution in [0.25, 0.3) is 0 Å². The lowest BCUT2D eigenvalue weighted by Gasteiger charge is -2.28. The van der Waals surface area contributed by atoms with Gasteiger partial charge in [0.05, 0.1) is 16.5 Å². The van der Waals surface area contributed by atoms with Crippen LogP contribution >= 0.6 is 12.2 Å². The molecular weight excluding hydrogens is 296 g/mol. The number of rotatable bonds is 4. The molecule has 1 aromatic carbocycles. The highest BCUT2D eigenvalue weighted by atomic mass is 32.2. The molecule has 1 aliphatic rings. The largest absolute Gasteiger partial charge is 0.389 e. The van der Waals surface area contributed by atoms with Crippen molar-refractivity contribution in [2.45, 2.75) is 36.8 Å². The van der Waals surface area contributed by atoms with Crippen molar-refractivity contribution in [3.05, 3.63) is 29.8 Å². The number of hydrogen-bond acceptors (Lipinski definition) is 4. The molecule has 1 fully saturated rings. The van der Waals surface area contributed by atoms with Crippen molar-refractivity contribution in [2.24, 2.45) is 5.73 Å². The summed E-state index contributed by atoms with van der Waals surface area (Å²) in [5, 5.41) is 0. The second kappa shape index (κ2) is 5.40. The van der Waals surface area contributed by atoms with E-state index in [1.165, 1.54) is 12.1 Å². The molecule has 0 bridgehead atoms. The molecule has 1 saturated heterocycles. The molecule has 110 valence electrons. The first-order valence-electron chi connectivity index (χ1n) is 6.30. The summed E-state index contributed by atoms with van der Waals surface area (Å²) in [6, 6.07) is 6.21. The molecular formula is C13H18N2O3S2. The Kier molecular flexibility index (Phi) is 4.15. The van der Waals surface area contributed by atoms with Crippen LogP contribution in [0, 0.1) is 0 Å². The van der Waals surface area contributed by atoms with Crippen molar-refractivity contribution >= 4 is 27.2 Å². The third-order valence-corrected chi connectivity index (χ3v) is 5.57. The Labute approximate surface area is 124 Å². The molecule has 5 nitrogen and oxygen atoms in total. The minimum absolute atomic E-state index is 0.159. The fourth-order valence-electron chi connectivity index (χ4n) is 2.13. The summed E-state index contributed by atoms with van der Waals surface area (Å²) >= 11 is 4.84. The van der Waals surface area contributed by atoms with Gasteiger partial charge in [-0.1, -0.05) is 24.4 Å². The van der Waals surface area contributed by atoms with Crippen molar-refractivity contribution in [3.63, 3.8) is 0 Å². The van der Waals surface area contributed by atoms with Gasteiger partial charge in [-0.15, -0.1) is 0 Å². The zero-order valence-corrected chi connectivity index (χ0v) is 13.1. The highest BCUT2D eigenvalue weighted by molar-refractivity contribution is 7.89. The Hall–Kier alpha value is -1.02. The van der Waals surface area contributed by atoms with Crippen molar-refractivity contribution in [1.29, 1.82) is 0 Å². The van der Waals surface area contributed by atoms with Gasteiger partial charge in [-0.2, -0.15) is 0 Å². The molecule has 1 aliphatic heterocycles. The Balaban J connectivity index is 2.24. The highest BCUT2D eigenvalue weighted by Crippen LogP contribution is 2.27. The van der Waals surface area contributed by atoms with E-state index in [0.29, 0.717) is 18.6 Å². The van der Waals surface area contributed by atoms with Crippen molar-refractivity contribution in [3.8, 4) is 0 Å². The van der Waals surface area contributed by atoms with Gasteiger partial charge >= 0.3 is 0 Å². The number of sulfonamides is 1. The van der Waals surface area contributed by atoms with Gasteiger partial charge in [0.2, 0.25) is 10.0 Å². The number of nitrogens with one attached hydrogen (secondary N) is 1. The van der Waals surface area contributed by atoms with Crippen LogP contribution in [0.5, 0.6) is 0 Å². The average molecular weight is 314 g/mol. The van der Waals surface area contributed by atoms with E-state index in [4.69, 9.17) is 22.7 Å². The summed E-state index contributed by atoms with van der Waals surface area (Å²) in [6.07, 6.45) is 0.492. The molecule has 2 atom stereocenters. The van der Waals surface area contributed by atoms with E-state index in [1.54, 1.807) is 12.1 Å². The molecule has 0 saturated carbocycles. The summed E-state index contributed by atoms with van der Waals surface area (Å²) in [5.41, 5.74) is 5.55. The lowest BCUT2D eigenvalue weighted by molar-refractivity contribution is 0.0957. The summed E-state index contributed by atoms with van der Waals surface area (Å²) in [4.78, 5) is 0.435. The van der Waals surface area contributed by atoms with Crippen molar-refractivity contribution in [1.82, 2.24) is 4.72 Å². The smallest absolute Gasteiger partial charge is 0.241 e. The minimum Gasteiger partial charge on any atom is -0.389 e. The predicted molar refractivity (Wildman–Crippen MR) is 81.1 cm³/mol. The maximum atomic E-state index is 12.4. The van der Waals surface area contributed by atoms with Crippen LogP contribution in [0.1, 0.15) is 25.8 Å². The number of nitrogens with two attached hydrogens (primary N) is 1. The lowest BCUT2D eigenvalue weighted by atomic mass is 9.97. The van der Waals surface area contributed by atoms with E-state index in [0.717, 1.165) is 0 Å². The molecule has 2 rings (SSSR count). The third kappa shape index (κ3) is 3.01. The standard InChI is InChI=1S/C13H18N2O3S2/c1-9-13(2,7-8-18-9)15-20(16,17)11-5-3-10(4-6-11)12(14)19/h3-6,9,15H,7-8H2,1-2H3,(H2,14,19). The molecule has 0 aliphatic carbocycles. The number of benzene rings is 1. The maximum absolute atomic E-state index is 12.4. The first-order chi connectivity index (χ1) is 9.24. The van der Waals surface area contributed by atoms with E-state index < -0.39 is 15.6 Å².